The largest absolute Gasteiger partial charge is 0.465 e. The third kappa shape index (κ3) is 2.85. The van der Waals surface area contributed by atoms with Crippen LogP contribution in [0.4, 0.5) is 5.82 Å². The molecule has 0 bridgehead atoms. The van der Waals surface area contributed by atoms with E-state index in [1.54, 1.807) is 6.07 Å². The number of hydrogen-bond donors (Lipinski definition) is 1. The first-order valence-corrected chi connectivity index (χ1v) is 10.4. The van der Waals surface area contributed by atoms with Crippen LogP contribution >= 0.6 is 11.3 Å². The number of para-hydroxylation sites is 1. The minimum atomic E-state index is -0.671. The van der Waals surface area contributed by atoms with Gasteiger partial charge in [-0.15, -0.1) is 11.3 Å². The maximum atomic E-state index is 13.1. The van der Waals surface area contributed by atoms with Gasteiger partial charge >= 0.3 is 5.97 Å². The zero-order valence-corrected chi connectivity index (χ0v) is 17.6. The first kappa shape index (κ1) is 19.5. The van der Waals surface area contributed by atoms with Crippen LogP contribution in [0.2, 0.25) is 0 Å². The fourth-order valence-electron chi connectivity index (χ4n) is 3.72. The minimum Gasteiger partial charge on any atom is -0.465 e. The number of rotatable bonds is 3. The molecule has 0 unspecified atom stereocenters. The average molecular weight is 441 g/mol. The van der Waals surface area contributed by atoms with Crippen molar-refractivity contribution in [2.75, 3.05) is 12.8 Å². The zero-order valence-electron chi connectivity index (χ0n) is 16.8. The van der Waals surface area contributed by atoms with E-state index in [1.165, 1.54) is 11.7 Å². The number of carbonyl (C=O) groups is 1. The summed E-state index contributed by atoms with van der Waals surface area (Å²) in [6.07, 6.45) is 1.95. The normalized spacial score (nSPS) is 11.0. The molecule has 2 aromatic carbocycles. The lowest BCUT2D eigenvalue weighted by Crippen LogP contribution is -2.23. The van der Waals surface area contributed by atoms with E-state index in [0.717, 1.165) is 27.9 Å². The highest BCUT2D eigenvalue weighted by Crippen LogP contribution is 2.32. The van der Waals surface area contributed by atoms with Gasteiger partial charge in [-0.25, -0.2) is 9.78 Å². The summed E-state index contributed by atoms with van der Waals surface area (Å²) in [4.78, 5) is 29.8. The maximum absolute atomic E-state index is 13.1. The molecular formula is C23H15N5O3S. The molecule has 0 amide bonds. The third-order valence-electron chi connectivity index (χ3n) is 5.18. The van der Waals surface area contributed by atoms with Gasteiger partial charge in [-0.3, -0.25) is 9.36 Å². The number of nitrogens with two attached hydrogens (primary N) is 1. The van der Waals surface area contributed by atoms with Crippen molar-refractivity contribution in [1.29, 1.82) is 5.26 Å². The molecule has 0 saturated heterocycles. The standard InChI is InChI=1S/C23H15N5O3S/c1-31-23(30)19-16(12-24)18-21(32-19)26-20(25)22(29)28(18)15-8-7-13-9-10-27(17(13)11-15)14-5-3-2-4-6-14/h2-11H,1H3,(H2,25,26). The summed E-state index contributed by atoms with van der Waals surface area (Å²) in [5.41, 5.74) is 7.93. The first-order chi connectivity index (χ1) is 15.5. The Kier molecular flexibility index (Phi) is 4.50. The molecule has 0 aliphatic carbocycles. The molecule has 3 heterocycles. The number of nitriles is 1. The molecule has 32 heavy (non-hydrogen) atoms. The van der Waals surface area contributed by atoms with Crippen LogP contribution in [0.3, 0.4) is 0 Å². The SMILES string of the molecule is COC(=O)c1sc2nc(N)c(=O)n(-c3ccc4ccn(-c5ccccc5)c4c3)c2c1C#N. The monoisotopic (exact) mass is 441 g/mol. The third-order valence-corrected chi connectivity index (χ3v) is 6.24. The van der Waals surface area contributed by atoms with Gasteiger partial charge in [0.1, 0.15) is 26.9 Å². The Bertz CT molecular complexity index is 1620. The molecule has 0 fully saturated rings. The number of esters is 1. The lowest BCUT2D eigenvalue weighted by Gasteiger charge is -2.11. The Labute approximate surface area is 185 Å². The van der Waals surface area contributed by atoms with Crippen LogP contribution in [0.5, 0.6) is 0 Å². The Balaban J connectivity index is 1.84. The van der Waals surface area contributed by atoms with Gasteiger partial charge in [0.15, 0.2) is 5.82 Å². The predicted octanol–water partition coefficient (Wildman–Crippen LogP) is 3.63. The quantitative estimate of drug-likeness (QED) is 0.428. The van der Waals surface area contributed by atoms with Crippen molar-refractivity contribution in [1.82, 2.24) is 14.1 Å². The van der Waals surface area contributed by atoms with E-state index >= 15 is 0 Å². The van der Waals surface area contributed by atoms with Gasteiger partial charge in [0.25, 0.3) is 5.56 Å². The van der Waals surface area contributed by atoms with E-state index in [9.17, 15) is 14.9 Å². The molecule has 0 atom stereocenters. The molecule has 8 nitrogen and oxygen atoms in total. The Morgan fingerprint density at radius 2 is 1.94 bits per heavy atom. The Morgan fingerprint density at radius 1 is 1.16 bits per heavy atom. The molecule has 0 aliphatic heterocycles. The van der Waals surface area contributed by atoms with Gasteiger partial charge in [0, 0.05) is 17.3 Å². The van der Waals surface area contributed by atoms with Crippen LogP contribution in [-0.4, -0.2) is 27.2 Å². The smallest absolute Gasteiger partial charge is 0.349 e. The van der Waals surface area contributed by atoms with E-state index in [4.69, 9.17) is 10.5 Å². The number of nitrogen functional groups attached to an aromatic ring is 1. The number of thiophene rings is 1. The van der Waals surface area contributed by atoms with Crippen molar-refractivity contribution in [3.63, 3.8) is 0 Å². The summed E-state index contributed by atoms with van der Waals surface area (Å²) in [7, 11) is 1.23. The molecule has 2 N–H and O–H groups in total. The van der Waals surface area contributed by atoms with E-state index in [2.05, 4.69) is 4.98 Å². The average Bonchev–Trinajstić information content (AvgIpc) is 3.40. The number of anilines is 1. The van der Waals surface area contributed by atoms with Crippen molar-refractivity contribution in [3.05, 3.63) is 81.6 Å². The number of ether oxygens (including phenoxy) is 1. The fourth-order valence-corrected chi connectivity index (χ4v) is 4.76. The number of methoxy groups -OCH3 is 1. The van der Waals surface area contributed by atoms with Crippen LogP contribution < -0.4 is 11.3 Å². The lowest BCUT2D eigenvalue weighted by atomic mass is 10.2. The molecule has 156 valence electrons. The lowest BCUT2D eigenvalue weighted by molar-refractivity contribution is 0.0606. The molecule has 0 spiro atoms. The van der Waals surface area contributed by atoms with Crippen LogP contribution in [0.1, 0.15) is 15.2 Å². The molecular weight excluding hydrogens is 426 g/mol. The number of aromatic nitrogens is 3. The van der Waals surface area contributed by atoms with Crippen molar-refractivity contribution < 1.29 is 9.53 Å². The van der Waals surface area contributed by atoms with Crippen LogP contribution in [-0.2, 0) is 4.74 Å². The minimum absolute atomic E-state index is 0.0278. The summed E-state index contributed by atoms with van der Waals surface area (Å²) in [6.45, 7) is 0. The van der Waals surface area contributed by atoms with E-state index in [-0.39, 0.29) is 21.8 Å². The summed E-state index contributed by atoms with van der Waals surface area (Å²) >= 11 is 0.965. The van der Waals surface area contributed by atoms with Gasteiger partial charge in [0.2, 0.25) is 0 Å². The van der Waals surface area contributed by atoms with E-state index in [1.807, 2.05) is 65.4 Å². The van der Waals surface area contributed by atoms with Crippen molar-refractivity contribution in [2.45, 2.75) is 0 Å². The van der Waals surface area contributed by atoms with Crippen molar-refractivity contribution in [2.24, 2.45) is 0 Å². The molecule has 0 saturated carbocycles. The summed E-state index contributed by atoms with van der Waals surface area (Å²) in [6, 6.07) is 19.3. The molecule has 3 aromatic heterocycles. The molecule has 5 aromatic rings. The second kappa shape index (κ2) is 7.37. The number of hydrogen-bond acceptors (Lipinski definition) is 7. The zero-order chi connectivity index (χ0) is 22.4. The number of fused-ring (bicyclic) bond motifs is 2. The highest BCUT2D eigenvalue weighted by molar-refractivity contribution is 7.20. The highest BCUT2D eigenvalue weighted by atomic mass is 32.1. The number of carbonyl (C=O) groups excluding carboxylic acids is 1. The number of benzene rings is 2. The second-order valence-electron chi connectivity index (χ2n) is 6.97. The van der Waals surface area contributed by atoms with Gasteiger partial charge in [0.05, 0.1) is 18.3 Å². The van der Waals surface area contributed by atoms with Crippen LogP contribution in [0, 0.1) is 11.3 Å². The fraction of sp³-hybridized carbons (Fsp3) is 0.0435. The van der Waals surface area contributed by atoms with Crippen LogP contribution in [0.25, 0.3) is 32.6 Å². The van der Waals surface area contributed by atoms with E-state index in [0.29, 0.717) is 10.5 Å². The maximum Gasteiger partial charge on any atom is 0.349 e. The second-order valence-corrected chi connectivity index (χ2v) is 7.96. The first-order valence-electron chi connectivity index (χ1n) is 9.54. The van der Waals surface area contributed by atoms with Gasteiger partial charge < -0.3 is 15.0 Å². The topological polar surface area (TPSA) is 116 Å². The van der Waals surface area contributed by atoms with Gasteiger partial charge in [-0.2, -0.15) is 5.26 Å². The van der Waals surface area contributed by atoms with Crippen LogP contribution in [0.15, 0.2) is 65.6 Å². The van der Waals surface area contributed by atoms with Crippen molar-refractivity contribution >= 4 is 44.4 Å². The molecule has 9 heteroatoms. The molecule has 0 aliphatic rings. The molecule has 5 rings (SSSR count). The van der Waals surface area contributed by atoms with E-state index < -0.39 is 11.5 Å². The number of nitrogens with zero attached hydrogens (tertiary/aromatic N) is 4. The van der Waals surface area contributed by atoms with Crippen molar-refractivity contribution in [3.8, 4) is 17.4 Å². The predicted molar refractivity (Wildman–Crippen MR) is 123 cm³/mol. The molecule has 0 radical (unpaired) electrons. The van der Waals surface area contributed by atoms with Gasteiger partial charge in [-0.1, -0.05) is 24.3 Å². The Morgan fingerprint density at radius 3 is 2.66 bits per heavy atom. The summed E-state index contributed by atoms with van der Waals surface area (Å²) in [5.74, 6) is -0.895. The summed E-state index contributed by atoms with van der Waals surface area (Å²) in [5, 5.41) is 10.8. The Hall–Kier alpha value is -4.42. The highest BCUT2D eigenvalue weighted by Gasteiger charge is 2.25. The summed E-state index contributed by atoms with van der Waals surface area (Å²) < 4.78 is 8.14. The van der Waals surface area contributed by atoms with Gasteiger partial charge in [-0.05, 0) is 30.3 Å².